The predicted octanol–water partition coefficient (Wildman–Crippen LogP) is 2.55. The molecule has 0 radical (unpaired) electrons. The molecule has 20 heavy (non-hydrogen) atoms. The molecular weight excluding hydrogens is 248 g/mol. The van der Waals surface area contributed by atoms with Gasteiger partial charge in [0.1, 0.15) is 0 Å². The molecule has 1 aliphatic rings. The summed E-state index contributed by atoms with van der Waals surface area (Å²) in [7, 11) is 0. The van der Waals surface area contributed by atoms with Crippen LogP contribution in [0.15, 0.2) is 30.3 Å². The van der Waals surface area contributed by atoms with Gasteiger partial charge in [0.2, 0.25) is 5.91 Å². The average Bonchev–Trinajstić information content (AvgIpc) is 2.81. The summed E-state index contributed by atoms with van der Waals surface area (Å²) in [4.78, 5) is 14.1. The molecule has 0 spiro atoms. The van der Waals surface area contributed by atoms with Crippen molar-refractivity contribution < 1.29 is 4.79 Å². The van der Waals surface area contributed by atoms with Crippen LogP contribution in [0.2, 0.25) is 0 Å². The first kappa shape index (κ1) is 15.0. The smallest absolute Gasteiger partial charge is 0.223 e. The van der Waals surface area contributed by atoms with Gasteiger partial charge in [0.25, 0.3) is 0 Å². The molecule has 1 aromatic rings. The first-order valence-electron chi connectivity index (χ1n) is 7.49. The Morgan fingerprint density at radius 3 is 2.55 bits per heavy atom. The number of hydrogen-bond acceptors (Lipinski definition) is 2. The third kappa shape index (κ3) is 3.21. The van der Waals surface area contributed by atoms with Crippen LogP contribution in [0.1, 0.15) is 39.2 Å². The van der Waals surface area contributed by atoms with E-state index in [4.69, 9.17) is 5.73 Å². The van der Waals surface area contributed by atoms with Gasteiger partial charge in [0.15, 0.2) is 0 Å². The van der Waals surface area contributed by atoms with Crippen molar-refractivity contribution in [2.24, 2.45) is 11.7 Å². The second kappa shape index (κ2) is 5.96. The van der Waals surface area contributed by atoms with Gasteiger partial charge in [0.05, 0.1) is 0 Å². The highest BCUT2D eigenvalue weighted by Gasteiger charge is 2.34. The fourth-order valence-corrected chi connectivity index (χ4v) is 3.25. The van der Waals surface area contributed by atoms with Crippen molar-refractivity contribution in [1.82, 2.24) is 4.90 Å². The lowest BCUT2D eigenvalue weighted by atomic mass is 9.79. The molecule has 2 atom stereocenters. The lowest BCUT2D eigenvalue weighted by Crippen LogP contribution is -2.39. The van der Waals surface area contributed by atoms with Crippen LogP contribution >= 0.6 is 0 Å². The lowest BCUT2D eigenvalue weighted by Gasteiger charge is -2.33. The molecule has 2 rings (SSSR count). The van der Waals surface area contributed by atoms with Crippen LogP contribution < -0.4 is 5.73 Å². The second-order valence-electron chi connectivity index (χ2n) is 6.66. The van der Waals surface area contributed by atoms with Crippen LogP contribution in [0.4, 0.5) is 0 Å². The molecule has 3 heteroatoms. The monoisotopic (exact) mass is 274 g/mol. The molecule has 2 N–H and O–H groups in total. The standard InChI is InChI=1S/C17H26N2O/c1-13(19-12-14(11-18)9-16(19)20)10-17(2,3)15-7-5-4-6-8-15/h4-8,13-14H,9-12,18H2,1-3H3. The maximum atomic E-state index is 12.1. The maximum absolute atomic E-state index is 12.1. The molecule has 3 nitrogen and oxygen atoms in total. The Labute approximate surface area is 122 Å². The molecule has 1 saturated heterocycles. The van der Waals surface area contributed by atoms with Crippen molar-refractivity contribution in [2.45, 2.75) is 45.1 Å². The minimum absolute atomic E-state index is 0.0712. The van der Waals surface area contributed by atoms with Gasteiger partial charge in [0, 0.05) is 19.0 Å². The number of amides is 1. The topological polar surface area (TPSA) is 46.3 Å². The van der Waals surface area contributed by atoms with Crippen molar-refractivity contribution >= 4 is 5.91 Å². The van der Waals surface area contributed by atoms with E-state index < -0.39 is 0 Å². The van der Waals surface area contributed by atoms with Crippen LogP contribution in [0.25, 0.3) is 0 Å². The van der Waals surface area contributed by atoms with Crippen LogP contribution in [-0.4, -0.2) is 29.9 Å². The lowest BCUT2D eigenvalue weighted by molar-refractivity contribution is -0.129. The molecule has 0 bridgehead atoms. The van der Waals surface area contributed by atoms with Gasteiger partial charge in [-0.1, -0.05) is 44.2 Å². The fraction of sp³-hybridized carbons (Fsp3) is 0.588. The summed E-state index contributed by atoms with van der Waals surface area (Å²) in [6.07, 6.45) is 1.59. The Kier molecular flexibility index (Phi) is 4.48. The van der Waals surface area contributed by atoms with E-state index in [9.17, 15) is 4.79 Å². The molecule has 1 heterocycles. The fourth-order valence-electron chi connectivity index (χ4n) is 3.25. The number of benzene rings is 1. The zero-order valence-electron chi connectivity index (χ0n) is 12.8. The average molecular weight is 274 g/mol. The molecule has 1 fully saturated rings. The van der Waals surface area contributed by atoms with Gasteiger partial charge >= 0.3 is 0 Å². The number of carbonyl (C=O) groups is 1. The second-order valence-corrected chi connectivity index (χ2v) is 6.66. The minimum Gasteiger partial charge on any atom is -0.340 e. The van der Waals surface area contributed by atoms with Crippen molar-refractivity contribution in [2.75, 3.05) is 13.1 Å². The Morgan fingerprint density at radius 1 is 1.35 bits per heavy atom. The van der Waals surface area contributed by atoms with E-state index in [1.807, 2.05) is 11.0 Å². The maximum Gasteiger partial charge on any atom is 0.223 e. The van der Waals surface area contributed by atoms with Crippen molar-refractivity contribution in [3.8, 4) is 0 Å². The number of hydrogen-bond donors (Lipinski definition) is 1. The van der Waals surface area contributed by atoms with Crippen molar-refractivity contribution in [3.05, 3.63) is 35.9 Å². The van der Waals surface area contributed by atoms with E-state index in [1.165, 1.54) is 5.56 Å². The zero-order valence-corrected chi connectivity index (χ0v) is 12.8. The van der Waals surface area contributed by atoms with Crippen LogP contribution in [0.3, 0.4) is 0 Å². The summed E-state index contributed by atoms with van der Waals surface area (Å²) < 4.78 is 0. The van der Waals surface area contributed by atoms with Gasteiger partial charge in [-0.3, -0.25) is 4.79 Å². The highest BCUT2D eigenvalue weighted by Crippen LogP contribution is 2.31. The molecule has 0 saturated carbocycles. The third-order valence-electron chi connectivity index (χ3n) is 4.46. The number of carbonyl (C=O) groups excluding carboxylic acids is 1. The normalized spacial score (nSPS) is 21.3. The van der Waals surface area contributed by atoms with Crippen molar-refractivity contribution in [1.29, 1.82) is 0 Å². The van der Waals surface area contributed by atoms with E-state index in [1.54, 1.807) is 0 Å². The molecule has 0 aromatic heterocycles. The van der Waals surface area contributed by atoms with Gasteiger partial charge in [-0.25, -0.2) is 0 Å². The Balaban J connectivity index is 2.04. The van der Waals surface area contributed by atoms with Gasteiger partial charge in [-0.15, -0.1) is 0 Å². The van der Waals surface area contributed by atoms with E-state index in [0.717, 1.165) is 13.0 Å². The summed E-state index contributed by atoms with van der Waals surface area (Å²) in [6.45, 7) is 8.08. The number of likely N-dealkylation sites (tertiary alicyclic amines) is 1. The van der Waals surface area contributed by atoms with Crippen LogP contribution in [0, 0.1) is 5.92 Å². The minimum atomic E-state index is 0.0712. The summed E-state index contributed by atoms with van der Waals surface area (Å²) in [5.41, 5.74) is 7.10. The first-order chi connectivity index (χ1) is 9.44. The molecule has 2 unspecified atom stereocenters. The summed E-state index contributed by atoms with van der Waals surface area (Å²) in [5, 5.41) is 0. The Morgan fingerprint density at radius 2 is 2.00 bits per heavy atom. The van der Waals surface area contributed by atoms with Gasteiger partial charge in [-0.2, -0.15) is 0 Å². The zero-order chi connectivity index (χ0) is 14.8. The van der Waals surface area contributed by atoms with Crippen LogP contribution in [0.5, 0.6) is 0 Å². The molecule has 110 valence electrons. The number of nitrogens with zero attached hydrogens (tertiary/aromatic N) is 1. The van der Waals surface area contributed by atoms with E-state index in [2.05, 4.69) is 45.0 Å². The van der Waals surface area contributed by atoms with E-state index in [0.29, 0.717) is 18.9 Å². The molecule has 1 aromatic carbocycles. The molecule has 1 aliphatic heterocycles. The third-order valence-corrected chi connectivity index (χ3v) is 4.46. The number of rotatable bonds is 5. The highest BCUT2D eigenvalue weighted by molar-refractivity contribution is 5.79. The number of nitrogens with two attached hydrogens (primary N) is 1. The van der Waals surface area contributed by atoms with Crippen molar-refractivity contribution in [3.63, 3.8) is 0 Å². The van der Waals surface area contributed by atoms with E-state index in [-0.39, 0.29) is 17.4 Å². The summed E-state index contributed by atoms with van der Waals surface area (Å²) >= 11 is 0. The first-order valence-corrected chi connectivity index (χ1v) is 7.49. The quantitative estimate of drug-likeness (QED) is 0.897. The van der Waals surface area contributed by atoms with Gasteiger partial charge < -0.3 is 10.6 Å². The van der Waals surface area contributed by atoms with E-state index >= 15 is 0 Å². The highest BCUT2D eigenvalue weighted by atomic mass is 16.2. The molecule has 1 amide bonds. The summed E-state index contributed by atoms with van der Waals surface area (Å²) in [6, 6.07) is 10.8. The Bertz CT molecular complexity index is 455. The molecular formula is C17H26N2O. The molecule has 0 aliphatic carbocycles. The Hall–Kier alpha value is -1.35. The SMILES string of the molecule is CC(CC(C)(C)c1ccccc1)N1CC(CN)CC1=O. The summed E-state index contributed by atoms with van der Waals surface area (Å²) in [5.74, 6) is 0.599. The van der Waals surface area contributed by atoms with Gasteiger partial charge in [-0.05, 0) is 36.8 Å². The van der Waals surface area contributed by atoms with Crippen LogP contribution in [-0.2, 0) is 10.2 Å². The predicted molar refractivity (Wildman–Crippen MR) is 82.4 cm³/mol. The largest absolute Gasteiger partial charge is 0.340 e.